The average molecular weight is 708 g/mol. The van der Waals surface area contributed by atoms with Gasteiger partial charge in [-0.25, -0.2) is 0 Å². The lowest BCUT2D eigenvalue weighted by Gasteiger charge is -2.09. The van der Waals surface area contributed by atoms with Gasteiger partial charge in [-0.05, 0) is 12.8 Å². The van der Waals surface area contributed by atoms with Crippen LogP contribution in [-0.2, 0) is 61.6 Å². The lowest BCUT2D eigenvalue weighted by Crippen LogP contribution is -2.16. The Bertz CT molecular complexity index is 503. The molecule has 15 heteroatoms. The summed E-state index contributed by atoms with van der Waals surface area (Å²) in [7, 11) is 0. The molecule has 0 saturated carbocycles. The van der Waals surface area contributed by atoms with Gasteiger partial charge in [-0.2, -0.15) is 0 Å². The molecule has 0 aromatic carbocycles. The van der Waals surface area contributed by atoms with Gasteiger partial charge in [0.05, 0.1) is 165 Å². The Balaban J connectivity index is 3.03. The van der Waals surface area contributed by atoms with Gasteiger partial charge >= 0.3 is 0 Å². The second-order valence-electron chi connectivity index (χ2n) is 9.85. The van der Waals surface area contributed by atoms with E-state index >= 15 is 0 Å². The maximum absolute atomic E-state index is 5.65. The molecule has 0 fully saturated rings. The van der Waals surface area contributed by atoms with Crippen LogP contribution in [0.2, 0.25) is 0 Å². The fraction of sp³-hybridized carbons (Fsp3) is 1.00. The molecule has 0 spiro atoms. The first-order valence-electron chi connectivity index (χ1n) is 17.2. The SMILES string of the molecule is NCCOCCOCCOCCOCCOCCOCCOCCOCCOCCOCCOCCOCCOCCCCCCCl. The molecule has 284 valence electrons. The smallest absolute Gasteiger partial charge is 0.0701 e. The summed E-state index contributed by atoms with van der Waals surface area (Å²) in [6.45, 7) is 14.6. The van der Waals surface area contributed by atoms with Gasteiger partial charge < -0.3 is 67.3 Å². The van der Waals surface area contributed by atoms with Crippen LogP contribution in [0.3, 0.4) is 0 Å². The zero-order valence-corrected chi connectivity index (χ0v) is 29.6. The fourth-order valence-corrected chi connectivity index (χ4v) is 3.67. The van der Waals surface area contributed by atoms with E-state index in [9.17, 15) is 0 Å². The molecule has 0 heterocycles. The van der Waals surface area contributed by atoms with Gasteiger partial charge in [0, 0.05) is 19.0 Å². The summed E-state index contributed by atoms with van der Waals surface area (Å²) in [5.41, 5.74) is 5.33. The Kier molecular flexibility index (Phi) is 45.5. The molecule has 47 heavy (non-hydrogen) atoms. The van der Waals surface area contributed by atoms with E-state index in [0.717, 1.165) is 25.3 Å². The van der Waals surface area contributed by atoms with Gasteiger partial charge in [-0.1, -0.05) is 12.8 Å². The highest BCUT2D eigenvalue weighted by atomic mass is 35.5. The van der Waals surface area contributed by atoms with Crippen LogP contribution in [0.15, 0.2) is 0 Å². The average Bonchev–Trinajstić information content (AvgIpc) is 3.08. The number of nitrogens with two attached hydrogens (primary N) is 1. The molecular formula is C32H66ClNO13. The van der Waals surface area contributed by atoms with Gasteiger partial charge in [-0.15, -0.1) is 11.6 Å². The summed E-state index contributed by atoms with van der Waals surface area (Å²) in [6.07, 6.45) is 4.49. The number of ether oxygens (including phenoxy) is 13. The van der Waals surface area contributed by atoms with Gasteiger partial charge in [0.25, 0.3) is 0 Å². The maximum atomic E-state index is 5.65. The molecule has 0 bridgehead atoms. The van der Waals surface area contributed by atoms with Crippen LogP contribution in [0.25, 0.3) is 0 Å². The van der Waals surface area contributed by atoms with Crippen molar-refractivity contribution < 1.29 is 61.6 Å². The van der Waals surface area contributed by atoms with Gasteiger partial charge in [0.2, 0.25) is 0 Å². The number of unbranched alkanes of at least 4 members (excludes halogenated alkanes) is 3. The van der Waals surface area contributed by atoms with Crippen LogP contribution >= 0.6 is 11.6 Å². The first kappa shape index (κ1) is 46.7. The predicted molar refractivity (Wildman–Crippen MR) is 179 cm³/mol. The Morgan fingerprint density at radius 1 is 0.234 bits per heavy atom. The number of halogens is 1. The van der Waals surface area contributed by atoms with Crippen molar-refractivity contribution in [2.24, 2.45) is 5.73 Å². The lowest BCUT2D eigenvalue weighted by molar-refractivity contribution is -0.0290. The van der Waals surface area contributed by atoms with Crippen LogP contribution < -0.4 is 5.73 Å². The van der Waals surface area contributed by atoms with E-state index in [-0.39, 0.29) is 0 Å². The molecule has 0 aliphatic rings. The summed E-state index contributed by atoms with van der Waals surface area (Å²) < 4.78 is 70.8. The largest absolute Gasteiger partial charge is 0.379 e. The Hall–Kier alpha value is -0.270. The summed E-state index contributed by atoms with van der Waals surface area (Å²) in [5, 5.41) is 0. The fourth-order valence-electron chi connectivity index (χ4n) is 3.48. The number of hydrogen-bond acceptors (Lipinski definition) is 14. The van der Waals surface area contributed by atoms with E-state index in [2.05, 4.69) is 0 Å². The van der Waals surface area contributed by atoms with Crippen LogP contribution in [0.4, 0.5) is 0 Å². The molecule has 0 unspecified atom stereocenters. The minimum Gasteiger partial charge on any atom is -0.379 e. The molecule has 0 amide bonds. The number of rotatable bonds is 44. The van der Waals surface area contributed by atoms with Crippen molar-refractivity contribution in [2.75, 3.05) is 184 Å². The third kappa shape index (κ3) is 45.7. The highest BCUT2D eigenvalue weighted by Gasteiger charge is 1.97. The van der Waals surface area contributed by atoms with Crippen molar-refractivity contribution in [1.29, 1.82) is 0 Å². The normalized spacial score (nSPS) is 11.6. The molecule has 0 rings (SSSR count). The quantitative estimate of drug-likeness (QED) is 0.0727. The summed E-state index contributed by atoms with van der Waals surface area (Å²) in [6, 6.07) is 0. The Morgan fingerprint density at radius 3 is 0.638 bits per heavy atom. The first-order valence-corrected chi connectivity index (χ1v) is 17.7. The molecule has 0 aromatic heterocycles. The van der Waals surface area contributed by atoms with Crippen LogP contribution in [-0.4, -0.2) is 184 Å². The van der Waals surface area contributed by atoms with E-state index < -0.39 is 0 Å². The topological polar surface area (TPSA) is 146 Å². The zero-order chi connectivity index (χ0) is 33.8. The van der Waals surface area contributed by atoms with E-state index in [1.807, 2.05) is 0 Å². The Labute approximate surface area is 288 Å². The monoisotopic (exact) mass is 707 g/mol. The minimum atomic E-state index is 0.509. The van der Waals surface area contributed by atoms with Crippen LogP contribution in [0.5, 0.6) is 0 Å². The molecule has 0 aliphatic heterocycles. The summed E-state index contributed by atoms with van der Waals surface area (Å²) in [4.78, 5) is 0. The first-order chi connectivity index (χ1) is 23.4. The van der Waals surface area contributed by atoms with Crippen molar-refractivity contribution in [3.05, 3.63) is 0 Å². The zero-order valence-electron chi connectivity index (χ0n) is 28.9. The highest BCUT2D eigenvalue weighted by molar-refractivity contribution is 6.17. The predicted octanol–water partition coefficient (Wildman–Crippen LogP) is 1.96. The Morgan fingerprint density at radius 2 is 0.426 bits per heavy atom. The minimum absolute atomic E-state index is 0.509. The standard InChI is InChI=1S/C32H66ClNO13/c33-5-3-1-2-4-7-35-9-11-37-13-15-39-17-19-41-21-23-43-25-27-45-29-31-47-32-30-46-28-26-44-24-22-42-20-18-40-16-14-38-12-10-36-8-6-34/h1-32,34H2. The molecule has 2 N–H and O–H groups in total. The van der Waals surface area contributed by atoms with Gasteiger partial charge in [0.1, 0.15) is 0 Å². The van der Waals surface area contributed by atoms with E-state index in [1.54, 1.807) is 0 Å². The summed E-state index contributed by atoms with van der Waals surface area (Å²) >= 11 is 5.65. The maximum Gasteiger partial charge on any atom is 0.0701 e. The third-order valence-electron chi connectivity index (χ3n) is 5.90. The number of hydrogen-bond donors (Lipinski definition) is 1. The third-order valence-corrected chi connectivity index (χ3v) is 6.17. The molecule has 14 nitrogen and oxygen atoms in total. The van der Waals surface area contributed by atoms with Gasteiger partial charge in [-0.3, -0.25) is 0 Å². The second-order valence-corrected chi connectivity index (χ2v) is 10.2. The molecule has 0 saturated heterocycles. The molecular weight excluding hydrogens is 642 g/mol. The van der Waals surface area contributed by atoms with Crippen LogP contribution in [0, 0.1) is 0 Å². The molecule has 0 atom stereocenters. The highest BCUT2D eigenvalue weighted by Crippen LogP contribution is 2.01. The van der Waals surface area contributed by atoms with Gasteiger partial charge in [0.15, 0.2) is 0 Å². The van der Waals surface area contributed by atoms with E-state index in [0.29, 0.717) is 172 Å². The van der Waals surface area contributed by atoms with Crippen LogP contribution in [0.1, 0.15) is 25.7 Å². The van der Waals surface area contributed by atoms with E-state index in [1.165, 1.54) is 12.8 Å². The van der Waals surface area contributed by atoms with Crippen molar-refractivity contribution in [1.82, 2.24) is 0 Å². The molecule has 0 aromatic rings. The van der Waals surface area contributed by atoms with E-state index in [4.69, 9.17) is 78.9 Å². The summed E-state index contributed by atoms with van der Waals surface area (Å²) in [5.74, 6) is 0.743. The lowest BCUT2D eigenvalue weighted by atomic mass is 10.2. The molecule has 0 aliphatic carbocycles. The van der Waals surface area contributed by atoms with Crippen molar-refractivity contribution in [2.45, 2.75) is 25.7 Å². The van der Waals surface area contributed by atoms with Crippen molar-refractivity contribution in [3.63, 3.8) is 0 Å². The van der Waals surface area contributed by atoms with Crippen molar-refractivity contribution >= 4 is 11.6 Å². The van der Waals surface area contributed by atoms with Crippen molar-refractivity contribution in [3.8, 4) is 0 Å². The molecule has 0 radical (unpaired) electrons. The second kappa shape index (κ2) is 45.7. The number of alkyl halides is 1.